The minimum absolute atomic E-state index is 0.792. The molecular weight excluding hydrogens is 358 g/mol. The van der Waals surface area contributed by atoms with Crippen molar-refractivity contribution in [1.29, 1.82) is 0 Å². The number of hydrogen-bond donors (Lipinski definition) is 1. The third-order valence-corrected chi connectivity index (χ3v) is 5.27. The van der Waals surface area contributed by atoms with Crippen molar-refractivity contribution in [2.75, 3.05) is 39.8 Å². The number of guanidine groups is 1. The first kappa shape index (κ1) is 19.6. The Balaban J connectivity index is 1.44. The van der Waals surface area contributed by atoms with Gasteiger partial charge in [-0.3, -0.25) is 14.9 Å². The average molecular weight is 386 g/mol. The molecule has 1 aromatic heterocycles. The first-order chi connectivity index (χ1) is 13.2. The van der Waals surface area contributed by atoms with Crippen LogP contribution in [0.25, 0.3) is 0 Å². The zero-order chi connectivity index (χ0) is 19.1. The van der Waals surface area contributed by atoms with Crippen molar-refractivity contribution in [3.05, 3.63) is 64.4 Å². The van der Waals surface area contributed by atoms with Crippen LogP contribution in [0, 0.1) is 6.92 Å². The third kappa shape index (κ3) is 5.68. The van der Waals surface area contributed by atoms with E-state index in [9.17, 15) is 0 Å². The van der Waals surface area contributed by atoms with Gasteiger partial charge in [-0.1, -0.05) is 23.7 Å². The fraction of sp³-hybridized carbons (Fsp3) is 0.429. The largest absolute Gasteiger partial charge is 0.356 e. The summed E-state index contributed by atoms with van der Waals surface area (Å²) < 4.78 is 0. The van der Waals surface area contributed by atoms with Gasteiger partial charge in [-0.2, -0.15) is 0 Å². The van der Waals surface area contributed by atoms with Crippen LogP contribution in [-0.2, 0) is 13.0 Å². The molecule has 3 rings (SSSR count). The number of hydrogen-bond acceptors (Lipinski definition) is 3. The van der Waals surface area contributed by atoms with Gasteiger partial charge in [0.15, 0.2) is 5.96 Å². The van der Waals surface area contributed by atoms with Crippen LogP contribution in [0.4, 0.5) is 0 Å². The van der Waals surface area contributed by atoms with E-state index in [1.807, 2.05) is 31.6 Å². The van der Waals surface area contributed by atoms with Gasteiger partial charge in [-0.05, 0) is 48.2 Å². The second kappa shape index (κ2) is 9.72. The van der Waals surface area contributed by atoms with E-state index < -0.39 is 0 Å². The quantitative estimate of drug-likeness (QED) is 0.634. The molecule has 0 saturated carbocycles. The summed E-state index contributed by atoms with van der Waals surface area (Å²) >= 11 is 5.97. The number of pyridine rings is 1. The predicted molar refractivity (Wildman–Crippen MR) is 112 cm³/mol. The molecule has 0 amide bonds. The van der Waals surface area contributed by atoms with Crippen LogP contribution in [0.5, 0.6) is 0 Å². The zero-order valence-corrected chi connectivity index (χ0v) is 16.9. The van der Waals surface area contributed by atoms with Crippen molar-refractivity contribution in [2.45, 2.75) is 19.9 Å². The van der Waals surface area contributed by atoms with Crippen molar-refractivity contribution in [3.8, 4) is 0 Å². The smallest absolute Gasteiger partial charge is 0.193 e. The minimum Gasteiger partial charge on any atom is -0.356 e. The van der Waals surface area contributed by atoms with E-state index in [1.54, 1.807) is 0 Å². The maximum atomic E-state index is 5.97. The number of rotatable bonds is 5. The zero-order valence-electron chi connectivity index (χ0n) is 16.2. The Kier molecular flexibility index (Phi) is 7.07. The summed E-state index contributed by atoms with van der Waals surface area (Å²) in [6, 6.07) is 10.2. The Morgan fingerprint density at radius 2 is 1.89 bits per heavy atom. The summed E-state index contributed by atoms with van der Waals surface area (Å²) in [5, 5.41) is 4.30. The van der Waals surface area contributed by atoms with E-state index in [0.717, 1.165) is 56.7 Å². The maximum absolute atomic E-state index is 5.97. The molecule has 6 heteroatoms. The Morgan fingerprint density at radius 1 is 1.15 bits per heavy atom. The molecule has 1 aliphatic heterocycles. The Labute approximate surface area is 167 Å². The molecular formula is C21H28ClN5. The number of aryl methyl sites for hydroxylation is 1. The lowest BCUT2D eigenvalue weighted by Gasteiger charge is -2.36. The molecule has 1 fully saturated rings. The van der Waals surface area contributed by atoms with Crippen LogP contribution < -0.4 is 5.32 Å². The molecule has 1 saturated heterocycles. The van der Waals surface area contributed by atoms with Crippen molar-refractivity contribution in [2.24, 2.45) is 4.99 Å². The Hall–Kier alpha value is -2.11. The van der Waals surface area contributed by atoms with Gasteiger partial charge in [-0.25, -0.2) is 0 Å². The van der Waals surface area contributed by atoms with Gasteiger partial charge in [0, 0.05) is 63.7 Å². The highest BCUT2D eigenvalue weighted by Gasteiger charge is 2.19. The molecule has 1 N–H and O–H groups in total. The molecule has 1 aliphatic rings. The fourth-order valence-electron chi connectivity index (χ4n) is 3.39. The normalized spacial score (nSPS) is 15.8. The van der Waals surface area contributed by atoms with Gasteiger partial charge < -0.3 is 10.2 Å². The SMILES string of the molecule is CN=C(NCCc1ccncc1C)N1CCN(Cc2ccc(Cl)cc2)CC1. The second-order valence-corrected chi connectivity index (χ2v) is 7.35. The molecule has 2 heterocycles. The van der Waals surface area contributed by atoms with Crippen LogP contribution in [-0.4, -0.2) is 60.5 Å². The van der Waals surface area contributed by atoms with Gasteiger partial charge in [-0.15, -0.1) is 0 Å². The van der Waals surface area contributed by atoms with Crippen LogP contribution in [0.3, 0.4) is 0 Å². The average Bonchev–Trinajstić information content (AvgIpc) is 2.69. The molecule has 2 aromatic rings. The summed E-state index contributed by atoms with van der Waals surface area (Å²) in [7, 11) is 1.86. The number of aliphatic imine (C=N–C) groups is 1. The molecule has 5 nitrogen and oxygen atoms in total. The topological polar surface area (TPSA) is 43.8 Å². The lowest BCUT2D eigenvalue weighted by molar-refractivity contribution is 0.172. The first-order valence-corrected chi connectivity index (χ1v) is 9.85. The molecule has 0 unspecified atom stereocenters. The van der Waals surface area contributed by atoms with Gasteiger partial charge in [0.25, 0.3) is 0 Å². The lowest BCUT2D eigenvalue weighted by Crippen LogP contribution is -2.52. The summed E-state index contributed by atoms with van der Waals surface area (Å²) in [6.45, 7) is 8.00. The molecule has 0 bridgehead atoms. The molecule has 1 aromatic carbocycles. The van der Waals surface area contributed by atoms with Gasteiger partial charge in [0.05, 0.1) is 0 Å². The van der Waals surface area contributed by atoms with Crippen molar-refractivity contribution >= 4 is 17.6 Å². The summed E-state index contributed by atoms with van der Waals surface area (Å²) in [5.41, 5.74) is 3.88. The molecule has 0 aliphatic carbocycles. The Bertz CT molecular complexity index is 751. The monoisotopic (exact) mass is 385 g/mol. The number of aromatic nitrogens is 1. The molecule has 144 valence electrons. The third-order valence-electron chi connectivity index (χ3n) is 5.02. The van der Waals surface area contributed by atoms with Crippen molar-refractivity contribution in [1.82, 2.24) is 20.1 Å². The van der Waals surface area contributed by atoms with E-state index in [2.05, 4.69) is 50.2 Å². The Morgan fingerprint density at radius 3 is 2.56 bits per heavy atom. The first-order valence-electron chi connectivity index (χ1n) is 9.47. The lowest BCUT2D eigenvalue weighted by atomic mass is 10.1. The summed E-state index contributed by atoms with van der Waals surface area (Å²) in [6.07, 6.45) is 4.75. The molecule has 0 radical (unpaired) electrons. The number of nitrogens with zero attached hydrogens (tertiary/aromatic N) is 4. The van der Waals surface area contributed by atoms with Gasteiger partial charge in [0.2, 0.25) is 0 Å². The molecule has 0 atom stereocenters. The highest BCUT2D eigenvalue weighted by molar-refractivity contribution is 6.30. The maximum Gasteiger partial charge on any atom is 0.193 e. The van der Waals surface area contributed by atoms with Crippen molar-refractivity contribution in [3.63, 3.8) is 0 Å². The van der Waals surface area contributed by atoms with Crippen LogP contribution in [0.1, 0.15) is 16.7 Å². The van der Waals surface area contributed by atoms with E-state index in [1.165, 1.54) is 16.7 Å². The summed E-state index contributed by atoms with van der Waals surface area (Å²) in [5.74, 6) is 0.993. The fourth-order valence-corrected chi connectivity index (χ4v) is 3.52. The molecule has 0 spiro atoms. The molecule has 27 heavy (non-hydrogen) atoms. The van der Waals surface area contributed by atoms with Crippen LogP contribution in [0.2, 0.25) is 5.02 Å². The second-order valence-electron chi connectivity index (χ2n) is 6.92. The standard InChI is InChI=1S/C21H28ClN5/c1-17-15-24-9-7-19(17)8-10-25-21(23-2)27-13-11-26(12-14-27)16-18-3-5-20(22)6-4-18/h3-7,9,15H,8,10-14,16H2,1-2H3,(H,23,25). The minimum atomic E-state index is 0.792. The van der Waals surface area contributed by atoms with Gasteiger partial charge in [0.1, 0.15) is 0 Å². The van der Waals surface area contributed by atoms with E-state index in [0.29, 0.717) is 0 Å². The van der Waals surface area contributed by atoms with Crippen molar-refractivity contribution < 1.29 is 0 Å². The highest BCUT2D eigenvalue weighted by atomic mass is 35.5. The number of halogens is 1. The predicted octanol–water partition coefficient (Wildman–Crippen LogP) is 2.98. The van der Waals surface area contributed by atoms with Crippen LogP contribution >= 0.6 is 11.6 Å². The number of benzene rings is 1. The number of piperazine rings is 1. The summed E-state index contributed by atoms with van der Waals surface area (Å²) in [4.78, 5) is 13.4. The van der Waals surface area contributed by atoms with E-state index in [-0.39, 0.29) is 0 Å². The van der Waals surface area contributed by atoms with Crippen LogP contribution in [0.15, 0.2) is 47.7 Å². The van der Waals surface area contributed by atoms with E-state index in [4.69, 9.17) is 11.6 Å². The highest BCUT2D eigenvalue weighted by Crippen LogP contribution is 2.13. The van der Waals surface area contributed by atoms with Gasteiger partial charge >= 0.3 is 0 Å². The number of nitrogens with one attached hydrogen (secondary N) is 1. The van der Waals surface area contributed by atoms with E-state index >= 15 is 0 Å².